The first-order valence-electron chi connectivity index (χ1n) is 8.03. The van der Waals surface area contributed by atoms with Crippen molar-refractivity contribution in [2.45, 2.75) is 25.7 Å². The standard InChI is InChI=1S/C18H18F3N3O3/c1-3-27-16(26)17(18(19,20)21,23-14-11-7-8-12(2)22-14)24-15(25)13-9-5-4-6-10-13/h4-11H,3H2,1-2H3,(H,22,23)(H,24,25)/t17-/m0/s1. The molecule has 1 amide bonds. The number of hydrogen-bond acceptors (Lipinski definition) is 5. The summed E-state index contributed by atoms with van der Waals surface area (Å²) >= 11 is 0. The normalized spacial score (nSPS) is 13.4. The van der Waals surface area contributed by atoms with Crippen LogP contribution in [0.25, 0.3) is 0 Å². The van der Waals surface area contributed by atoms with Gasteiger partial charge in [0.2, 0.25) is 0 Å². The van der Waals surface area contributed by atoms with E-state index in [2.05, 4.69) is 9.72 Å². The van der Waals surface area contributed by atoms with Crippen LogP contribution in [0.15, 0.2) is 48.5 Å². The minimum Gasteiger partial charge on any atom is -0.463 e. The van der Waals surface area contributed by atoms with Crippen molar-refractivity contribution in [2.75, 3.05) is 11.9 Å². The van der Waals surface area contributed by atoms with Gasteiger partial charge in [-0.25, -0.2) is 9.78 Å². The number of ether oxygens (including phenoxy) is 1. The largest absolute Gasteiger partial charge is 0.463 e. The number of pyridine rings is 1. The second-order valence-corrected chi connectivity index (χ2v) is 5.58. The summed E-state index contributed by atoms with van der Waals surface area (Å²) in [5, 5.41) is 3.77. The van der Waals surface area contributed by atoms with Gasteiger partial charge in [-0.1, -0.05) is 24.3 Å². The topological polar surface area (TPSA) is 80.3 Å². The van der Waals surface area contributed by atoms with Crippen LogP contribution in [-0.2, 0) is 9.53 Å². The number of nitrogens with zero attached hydrogens (tertiary/aromatic N) is 1. The number of benzene rings is 1. The number of carbonyl (C=O) groups is 2. The van der Waals surface area contributed by atoms with E-state index in [0.717, 1.165) is 0 Å². The number of nitrogens with one attached hydrogen (secondary N) is 2. The summed E-state index contributed by atoms with van der Waals surface area (Å²) in [7, 11) is 0. The van der Waals surface area contributed by atoms with Gasteiger partial charge in [-0.3, -0.25) is 4.79 Å². The number of esters is 1. The Labute approximate surface area is 153 Å². The quantitative estimate of drug-likeness (QED) is 0.594. The highest BCUT2D eigenvalue weighted by Crippen LogP contribution is 2.33. The summed E-state index contributed by atoms with van der Waals surface area (Å²) in [6.07, 6.45) is -5.21. The SMILES string of the molecule is CCOC(=O)[C@@](NC(=O)c1ccccc1)(Nc1cccc(C)n1)C(F)(F)F. The van der Waals surface area contributed by atoms with Gasteiger partial charge >= 0.3 is 17.8 Å². The third-order valence-electron chi connectivity index (χ3n) is 3.55. The van der Waals surface area contributed by atoms with Crippen LogP contribution in [0.5, 0.6) is 0 Å². The molecule has 0 saturated heterocycles. The summed E-state index contributed by atoms with van der Waals surface area (Å²) in [5.41, 5.74) is -3.12. The van der Waals surface area contributed by atoms with Gasteiger partial charge in [0, 0.05) is 11.3 Å². The molecule has 0 unspecified atom stereocenters. The van der Waals surface area contributed by atoms with Crippen molar-refractivity contribution in [3.63, 3.8) is 0 Å². The van der Waals surface area contributed by atoms with Crippen molar-refractivity contribution in [3.8, 4) is 0 Å². The molecule has 1 atom stereocenters. The van der Waals surface area contributed by atoms with Gasteiger partial charge in [0.15, 0.2) is 0 Å². The smallest absolute Gasteiger partial charge is 0.441 e. The molecule has 2 N–H and O–H groups in total. The summed E-state index contributed by atoms with van der Waals surface area (Å²) in [4.78, 5) is 28.6. The highest BCUT2D eigenvalue weighted by atomic mass is 19.4. The molecule has 0 aliphatic rings. The monoisotopic (exact) mass is 381 g/mol. The average Bonchev–Trinajstić information content (AvgIpc) is 2.61. The maximum Gasteiger partial charge on any atom is 0.441 e. The molecular formula is C18H18F3N3O3. The number of hydrogen-bond donors (Lipinski definition) is 2. The van der Waals surface area contributed by atoms with Gasteiger partial charge < -0.3 is 15.4 Å². The third-order valence-corrected chi connectivity index (χ3v) is 3.55. The molecule has 144 valence electrons. The lowest BCUT2D eigenvalue weighted by molar-refractivity contribution is -0.204. The van der Waals surface area contributed by atoms with E-state index in [9.17, 15) is 22.8 Å². The first-order chi connectivity index (χ1) is 12.7. The second kappa shape index (κ2) is 8.07. The first-order valence-corrected chi connectivity index (χ1v) is 8.03. The van der Waals surface area contributed by atoms with Crippen LogP contribution in [0.1, 0.15) is 23.0 Å². The first kappa shape index (κ1) is 20.2. The molecule has 0 spiro atoms. The van der Waals surface area contributed by atoms with Crippen molar-refractivity contribution in [3.05, 3.63) is 59.8 Å². The van der Waals surface area contributed by atoms with Crippen LogP contribution in [0, 0.1) is 6.92 Å². The minimum absolute atomic E-state index is 0.0468. The number of rotatable bonds is 6. The molecule has 0 radical (unpaired) electrons. The van der Waals surface area contributed by atoms with Crippen LogP contribution >= 0.6 is 0 Å². The summed E-state index contributed by atoms with van der Waals surface area (Å²) in [5.74, 6) is -3.03. The van der Waals surface area contributed by atoms with E-state index in [1.54, 1.807) is 24.4 Å². The highest BCUT2D eigenvalue weighted by Gasteiger charge is 2.64. The molecule has 0 saturated carbocycles. The fourth-order valence-corrected chi connectivity index (χ4v) is 2.27. The number of amides is 1. The number of alkyl halides is 3. The third kappa shape index (κ3) is 4.55. The van der Waals surface area contributed by atoms with E-state index < -0.39 is 23.7 Å². The zero-order valence-electron chi connectivity index (χ0n) is 14.6. The Hall–Kier alpha value is -3.10. The lowest BCUT2D eigenvalue weighted by Crippen LogP contribution is -2.69. The molecule has 6 nitrogen and oxygen atoms in total. The number of anilines is 1. The van der Waals surface area contributed by atoms with Crippen molar-refractivity contribution in [2.24, 2.45) is 0 Å². The highest BCUT2D eigenvalue weighted by molar-refractivity contribution is 5.99. The lowest BCUT2D eigenvalue weighted by Gasteiger charge is -2.35. The van der Waals surface area contributed by atoms with E-state index in [1.165, 1.54) is 43.3 Å². The van der Waals surface area contributed by atoms with Gasteiger partial charge in [-0.05, 0) is 38.1 Å². The van der Waals surface area contributed by atoms with Crippen LogP contribution in [0.2, 0.25) is 0 Å². The van der Waals surface area contributed by atoms with Crippen LogP contribution in [0.4, 0.5) is 19.0 Å². The van der Waals surface area contributed by atoms with Gasteiger partial charge in [0.05, 0.1) is 6.61 Å². The van der Waals surface area contributed by atoms with Crippen molar-refractivity contribution >= 4 is 17.7 Å². The molecule has 0 fully saturated rings. The van der Waals surface area contributed by atoms with E-state index in [-0.39, 0.29) is 18.0 Å². The Kier molecular flexibility index (Phi) is 6.04. The molecular weight excluding hydrogens is 363 g/mol. The Balaban J connectivity index is 2.50. The lowest BCUT2D eigenvalue weighted by atomic mass is 10.1. The average molecular weight is 381 g/mol. The summed E-state index contributed by atoms with van der Waals surface area (Å²) in [6.45, 7) is 2.64. The molecule has 0 aliphatic heterocycles. The molecule has 2 aromatic rings. The van der Waals surface area contributed by atoms with Crippen molar-refractivity contribution in [1.82, 2.24) is 10.3 Å². The van der Waals surface area contributed by atoms with Gasteiger partial charge in [0.25, 0.3) is 5.91 Å². The Morgan fingerprint density at radius 2 is 1.74 bits per heavy atom. The zero-order chi connectivity index (χ0) is 20.1. The predicted octanol–water partition coefficient (Wildman–Crippen LogP) is 3.05. The molecule has 9 heteroatoms. The molecule has 0 bridgehead atoms. The van der Waals surface area contributed by atoms with E-state index in [1.807, 2.05) is 5.32 Å². The Morgan fingerprint density at radius 1 is 1.07 bits per heavy atom. The predicted molar refractivity (Wildman–Crippen MR) is 91.9 cm³/mol. The molecule has 1 aromatic carbocycles. The van der Waals surface area contributed by atoms with Crippen LogP contribution in [-0.4, -0.2) is 35.3 Å². The van der Waals surface area contributed by atoms with E-state index >= 15 is 0 Å². The molecule has 1 aromatic heterocycles. The van der Waals surface area contributed by atoms with Crippen molar-refractivity contribution in [1.29, 1.82) is 0 Å². The molecule has 2 rings (SSSR count). The fourth-order valence-electron chi connectivity index (χ4n) is 2.27. The molecule has 0 aliphatic carbocycles. The van der Waals surface area contributed by atoms with Gasteiger partial charge in [-0.2, -0.15) is 13.2 Å². The second-order valence-electron chi connectivity index (χ2n) is 5.58. The van der Waals surface area contributed by atoms with E-state index in [0.29, 0.717) is 5.69 Å². The summed E-state index contributed by atoms with van der Waals surface area (Å²) < 4.78 is 46.6. The van der Waals surface area contributed by atoms with Crippen LogP contribution in [0.3, 0.4) is 0 Å². The molecule has 27 heavy (non-hydrogen) atoms. The number of carbonyl (C=O) groups excluding carboxylic acids is 2. The van der Waals surface area contributed by atoms with Crippen molar-refractivity contribution < 1.29 is 27.5 Å². The number of aromatic nitrogens is 1. The number of aryl methyl sites for hydroxylation is 1. The van der Waals surface area contributed by atoms with Gasteiger partial charge in [0.1, 0.15) is 5.82 Å². The minimum atomic E-state index is -5.21. The zero-order valence-corrected chi connectivity index (χ0v) is 14.6. The number of halogens is 3. The van der Waals surface area contributed by atoms with Gasteiger partial charge in [-0.15, -0.1) is 0 Å². The Morgan fingerprint density at radius 3 is 2.30 bits per heavy atom. The molecule has 1 heterocycles. The fraction of sp³-hybridized carbons (Fsp3) is 0.278. The maximum absolute atomic E-state index is 14.0. The van der Waals surface area contributed by atoms with E-state index in [4.69, 9.17) is 0 Å². The van der Waals surface area contributed by atoms with Crippen LogP contribution < -0.4 is 10.6 Å². The Bertz CT molecular complexity index is 812. The maximum atomic E-state index is 14.0. The summed E-state index contributed by atoms with van der Waals surface area (Å²) in [6, 6.07) is 11.5.